The zero-order valence-electron chi connectivity index (χ0n) is 7.24. The molecule has 74 valence electrons. The fraction of sp³-hybridized carbons (Fsp3) is 0.111. The van der Waals surface area contributed by atoms with Crippen molar-refractivity contribution in [3.05, 3.63) is 29.1 Å². The molecule has 1 aromatic carbocycles. The summed E-state index contributed by atoms with van der Waals surface area (Å²) in [4.78, 5) is 21.2. The highest BCUT2D eigenvalue weighted by atomic mass is 19.1. The maximum absolute atomic E-state index is 13.0. The van der Waals surface area contributed by atoms with Crippen LogP contribution in [0.3, 0.4) is 0 Å². The van der Waals surface area contributed by atoms with Crippen LogP contribution in [0.4, 0.5) is 4.39 Å². The van der Waals surface area contributed by atoms with E-state index in [4.69, 9.17) is 10.2 Å². The number of hydrogen-bond donors (Lipinski definition) is 2. The maximum atomic E-state index is 13.0. The second kappa shape index (κ2) is 3.45. The van der Waals surface area contributed by atoms with Gasteiger partial charge in [0.05, 0.1) is 5.56 Å². The number of aryl methyl sites for hydroxylation is 1. The SMILES string of the molecule is Cc1cc(C(=O)C(=O)O)c(F)cc1O. The summed E-state index contributed by atoms with van der Waals surface area (Å²) in [5.41, 5.74) is -0.302. The third kappa shape index (κ3) is 1.71. The van der Waals surface area contributed by atoms with Gasteiger partial charge in [0.25, 0.3) is 5.78 Å². The quantitative estimate of drug-likeness (QED) is 0.551. The molecule has 0 atom stereocenters. The first-order valence-corrected chi connectivity index (χ1v) is 3.70. The number of carbonyl (C=O) groups excluding carboxylic acids is 1. The van der Waals surface area contributed by atoms with Crippen molar-refractivity contribution in [2.24, 2.45) is 0 Å². The van der Waals surface area contributed by atoms with Gasteiger partial charge in [0.1, 0.15) is 11.6 Å². The third-order valence-electron chi connectivity index (χ3n) is 1.72. The van der Waals surface area contributed by atoms with E-state index in [2.05, 4.69) is 0 Å². The normalized spacial score (nSPS) is 9.86. The van der Waals surface area contributed by atoms with Gasteiger partial charge in [0, 0.05) is 6.07 Å². The van der Waals surface area contributed by atoms with Gasteiger partial charge in [-0.1, -0.05) is 0 Å². The van der Waals surface area contributed by atoms with Crippen molar-refractivity contribution in [1.29, 1.82) is 0 Å². The highest BCUT2D eigenvalue weighted by molar-refractivity contribution is 6.39. The second-order valence-electron chi connectivity index (χ2n) is 2.75. The van der Waals surface area contributed by atoms with Crippen LogP contribution in [-0.2, 0) is 4.79 Å². The minimum absolute atomic E-state index is 0.246. The van der Waals surface area contributed by atoms with E-state index in [0.717, 1.165) is 6.07 Å². The van der Waals surface area contributed by atoms with Crippen LogP contribution in [0, 0.1) is 12.7 Å². The minimum atomic E-state index is -1.73. The highest BCUT2D eigenvalue weighted by Crippen LogP contribution is 2.20. The lowest BCUT2D eigenvalue weighted by Crippen LogP contribution is -2.14. The van der Waals surface area contributed by atoms with Crippen LogP contribution in [0.1, 0.15) is 15.9 Å². The van der Waals surface area contributed by atoms with E-state index >= 15 is 0 Å². The van der Waals surface area contributed by atoms with Crippen molar-refractivity contribution in [3.8, 4) is 5.75 Å². The van der Waals surface area contributed by atoms with Gasteiger partial charge in [-0.3, -0.25) is 4.79 Å². The Labute approximate surface area is 78.6 Å². The average molecular weight is 198 g/mol. The van der Waals surface area contributed by atoms with E-state index in [1.807, 2.05) is 0 Å². The number of ketones is 1. The Morgan fingerprint density at radius 3 is 2.43 bits per heavy atom. The second-order valence-corrected chi connectivity index (χ2v) is 2.75. The molecule has 0 radical (unpaired) electrons. The van der Waals surface area contributed by atoms with Gasteiger partial charge in [-0.2, -0.15) is 0 Å². The summed E-state index contributed by atoms with van der Waals surface area (Å²) < 4.78 is 13.0. The summed E-state index contributed by atoms with van der Waals surface area (Å²) in [6.45, 7) is 1.44. The van der Waals surface area contributed by atoms with E-state index in [0.29, 0.717) is 6.07 Å². The topological polar surface area (TPSA) is 74.6 Å². The lowest BCUT2D eigenvalue weighted by Gasteiger charge is -2.02. The summed E-state index contributed by atoms with van der Waals surface area (Å²) >= 11 is 0. The summed E-state index contributed by atoms with van der Waals surface area (Å²) in [6, 6.07) is 1.71. The van der Waals surface area contributed by atoms with Gasteiger partial charge in [-0.05, 0) is 18.6 Å². The summed E-state index contributed by atoms with van der Waals surface area (Å²) in [5.74, 6) is -4.41. The first kappa shape index (κ1) is 10.2. The van der Waals surface area contributed by atoms with Crippen molar-refractivity contribution in [2.45, 2.75) is 6.92 Å². The molecule has 4 nitrogen and oxygen atoms in total. The number of carboxylic acids is 1. The highest BCUT2D eigenvalue weighted by Gasteiger charge is 2.20. The molecule has 14 heavy (non-hydrogen) atoms. The largest absolute Gasteiger partial charge is 0.508 e. The van der Waals surface area contributed by atoms with Gasteiger partial charge in [0.2, 0.25) is 0 Å². The minimum Gasteiger partial charge on any atom is -0.508 e. The molecule has 0 aliphatic carbocycles. The fourth-order valence-electron chi connectivity index (χ4n) is 0.960. The molecule has 0 amide bonds. The number of benzene rings is 1. The van der Waals surface area contributed by atoms with Gasteiger partial charge < -0.3 is 10.2 Å². The Balaban J connectivity index is 3.29. The first-order valence-electron chi connectivity index (χ1n) is 3.70. The molecular weight excluding hydrogens is 191 g/mol. The van der Waals surface area contributed by atoms with E-state index in [1.165, 1.54) is 6.92 Å². The molecule has 0 fully saturated rings. The standard InChI is InChI=1S/C9H7FO4/c1-4-2-5(8(12)9(13)14)6(10)3-7(4)11/h2-3,11H,1H3,(H,13,14). The Morgan fingerprint density at radius 1 is 1.36 bits per heavy atom. The number of phenols is 1. The Morgan fingerprint density at radius 2 is 1.93 bits per heavy atom. The number of halogens is 1. The van der Waals surface area contributed by atoms with Crippen LogP contribution in [-0.4, -0.2) is 22.0 Å². The van der Waals surface area contributed by atoms with Crippen molar-refractivity contribution < 1.29 is 24.2 Å². The van der Waals surface area contributed by atoms with Crippen molar-refractivity contribution in [3.63, 3.8) is 0 Å². The third-order valence-corrected chi connectivity index (χ3v) is 1.72. The van der Waals surface area contributed by atoms with Crippen molar-refractivity contribution in [2.75, 3.05) is 0 Å². The number of carbonyl (C=O) groups is 2. The Hall–Kier alpha value is -1.91. The molecule has 0 aromatic heterocycles. The Bertz CT molecular complexity index is 412. The van der Waals surface area contributed by atoms with Crippen LogP contribution < -0.4 is 0 Å². The Kier molecular flexibility index (Phi) is 2.51. The molecule has 5 heteroatoms. The first-order chi connectivity index (χ1) is 6.43. The predicted octanol–water partition coefficient (Wildman–Crippen LogP) is 1.11. The van der Waals surface area contributed by atoms with Crippen LogP contribution in [0.15, 0.2) is 12.1 Å². The molecule has 0 aliphatic rings. The van der Waals surface area contributed by atoms with Crippen molar-refractivity contribution >= 4 is 11.8 Å². The molecule has 0 aliphatic heterocycles. The van der Waals surface area contributed by atoms with Crippen LogP contribution in [0.5, 0.6) is 5.75 Å². The smallest absolute Gasteiger partial charge is 0.377 e. The van der Waals surface area contributed by atoms with E-state index < -0.39 is 23.1 Å². The zero-order chi connectivity index (χ0) is 10.9. The number of rotatable bonds is 2. The number of carboxylic acid groups (broad SMARTS) is 1. The van der Waals surface area contributed by atoms with Gasteiger partial charge in [-0.15, -0.1) is 0 Å². The zero-order valence-corrected chi connectivity index (χ0v) is 7.24. The molecule has 0 saturated carbocycles. The molecule has 0 saturated heterocycles. The number of phenolic OH excluding ortho intramolecular Hbond substituents is 1. The molecule has 1 rings (SSSR count). The van der Waals surface area contributed by atoms with Gasteiger partial charge in [0.15, 0.2) is 0 Å². The number of aliphatic carboxylic acids is 1. The molecular formula is C9H7FO4. The number of aromatic hydroxyl groups is 1. The number of Topliss-reactive ketones (excluding diaryl/α,β-unsaturated/α-hetero) is 1. The van der Waals surface area contributed by atoms with Gasteiger partial charge >= 0.3 is 5.97 Å². The summed E-state index contributed by atoms with van der Waals surface area (Å²) in [6.07, 6.45) is 0. The molecule has 2 N–H and O–H groups in total. The van der Waals surface area contributed by atoms with E-state index in [9.17, 15) is 14.0 Å². The van der Waals surface area contributed by atoms with Crippen LogP contribution >= 0.6 is 0 Å². The summed E-state index contributed by atoms with van der Waals surface area (Å²) in [7, 11) is 0. The number of hydrogen-bond acceptors (Lipinski definition) is 3. The lowest BCUT2D eigenvalue weighted by atomic mass is 10.1. The predicted molar refractivity (Wildman–Crippen MR) is 44.8 cm³/mol. The monoisotopic (exact) mass is 198 g/mol. The molecule has 0 bridgehead atoms. The van der Waals surface area contributed by atoms with Crippen LogP contribution in [0.2, 0.25) is 0 Å². The maximum Gasteiger partial charge on any atom is 0.377 e. The van der Waals surface area contributed by atoms with Crippen molar-refractivity contribution in [1.82, 2.24) is 0 Å². The molecule has 1 aromatic rings. The molecule has 0 heterocycles. The van der Waals surface area contributed by atoms with Crippen LogP contribution in [0.25, 0.3) is 0 Å². The fourth-order valence-corrected chi connectivity index (χ4v) is 0.960. The molecule has 0 spiro atoms. The van der Waals surface area contributed by atoms with Gasteiger partial charge in [-0.25, -0.2) is 9.18 Å². The van der Waals surface area contributed by atoms with E-state index in [1.54, 1.807) is 0 Å². The average Bonchev–Trinajstić information content (AvgIpc) is 2.10. The summed E-state index contributed by atoms with van der Waals surface area (Å²) in [5, 5.41) is 17.4. The lowest BCUT2D eigenvalue weighted by molar-refractivity contribution is -0.131. The molecule has 0 unspecified atom stereocenters. The van der Waals surface area contributed by atoms with E-state index in [-0.39, 0.29) is 11.3 Å².